The molecule has 4 nitrogen and oxygen atoms in total. The lowest BCUT2D eigenvalue weighted by atomic mass is 9.79. The van der Waals surface area contributed by atoms with Gasteiger partial charge in [-0.3, -0.25) is 4.98 Å². The highest BCUT2D eigenvalue weighted by molar-refractivity contribution is 6.59. The summed E-state index contributed by atoms with van der Waals surface area (Å²) in [5.74, 6) is -0.330. The fourth-order valence-corrected chi connectivity index (χ4v) is 1.68. The monoisotopic (exact) mass is 261 g/mol. The second kappa shape index (κ2) is 5.82. The molecule has 0 atom stereocenters. The lowest BCUT2D eigenvalue weighted by Crippen LogP contribution is -2.31. The number of aryl methyl sites for hydroxylation is 1. The molecule has 0 amide bonds. The van der Waals surface area contributed by atoms with E-state index in [1.165, 1.54) is 12.1 Å². The summed E-state index contributed by atoms with van der Waals surface area (Å²) in [5.41, 5.74) is 1.57. The molecule has 19 heavy (non-hydrogen) atoms. The van der Waals surface area contributed by atoms with Gasteiger partial charge < -0.3 is 14.8 Å². The van der Waals surface area contributed by atoms with Crippen LogP contribution in [0.2, 0.25) is 0 Å². The molecule has 6 heteroatoms. The van der Waals surface area contributed by atoms with Crippen molar-refractivity contribution in [2.45, 2.75) is 13.5 Å². The van der Waals surface area contributed by atoms with Crippen LogP contribution in [0.5, 0.6) is 5.75 Å². The molecule has 2 rings (SSSR count). The first kappa shape index (κ1) is 13.5. The van der Waals surface area contributed by atoms with Crippen molar-refractivity contribution in [3.63, 3.8) is 0 Å². The Labute approximate surface area is 110 Å². The number of ether oxygens (including phenoxy) is 1. The molecular weight excluding hydrogens is 248 g/mol. The van der Waals surface area contributed by atoms with Crippen LogP contribution in [0.4, 0.5) is 4.39 Å². The van der Waals surface area contributed by atoms with Crippen molar-refractivity contribution in [1.29, 1.82) is 0 Å². The Morgan fingerprint density at radius 3 is 2.74 bits per heavy atom. The van der Waals surface area contributed by atoms with E-state index in [0.717, 1.165) is 11.8 Å². The SMILES string of the molecule is Cc1cccc(COc2ccc(F)cc2B(O)O)n1. The van der Waals surface area contributed by atoms with Gasteiger partial charge in [0.1, 0.15) is 18.2 Å². The first-order valence-electron chi connectivity index (χ1n) is 5.77. The van der Waals surface area contributed by atoms with E-state index in [-0.39, 0.29) is 17.8 Å². The van der Waals surface area contributed by atoms with Crippen LogP contribution in [0.15, 0.2) is 36.4 Å². The zero-order valence-electron chi connectivity index (χ0n) is 10.4. The number of rotatable bonds is 4. The first-order chi connectivity index (χ1) is 9.06. The predicted molar refractivity (Wildman–Crippen MR) is 69.5 cm³/mol. The van der Waals surface area contributed by atoms with E-state index in [4.69, 9.17) is 14.8 Å². The van der Waals surface area contributed by atoms with Gasteiger partial charge >= 0.3 is 7.12 Å². The molecule has 0 spiro atoms. The second-order valence-electron chi connectivity index (χ2n) is 4.11. The highest BCUT2D eigenvalue weighted by Gasteiger charge is 2.18. The molecule has 0 aliphatic heterocycles. The number of halogens is 1. The van der Waals surface area contributed by atoms with Crippen molar-refractivity contribution in [3.05, 3.63) is 53.6 Å². The Morgan fingerprint density at radius 2 is 2.05 bits per heavy atom. The van der Waals surface area contributed by atoms with Gasteiger partial charge in [-0.05, 0) is 37.3 Å². The third-order valence-corrected chi connectivity index (χ3v) is 2.57. The maximum absolute atomic E-state index is 13.0. The number of hydrogen-bond donors (Lipinski definition) is 2. The fraction of sp³-hybridized carbons (Fsp3) is 0.154. The summed E-state index contributed by atoms with van der Waals surface area (Å²) in [6, 6.07) is 9.11. The highest BCUT2D eigenvalue weighted by atomic mass is 19.1. The Morgan fingerprint density at radius 1 is 1.26 bits per heavy atom. The maximum atomic E-state index is 13.0. The molecule has 1 aromatic carbocycles. The zero-order valence-corrected chi connectivity index (χ0v) is 10.4. The van der Waals surface area contributed by atoms with E-state index in [0.29, 0.717) is 5.69 Å². The van der Waals surface area contributed by atoms with Crippen molar-refractivity contribution in [1.82, 2.24) is 4.98 Å². The van der Waals surface area contributed by atoms with E-state index in [2.05, 4.69) is 4.98 Å². The number of nitrogens with zero attached hydrogens (tertiary/aromatic N) is 1. The lowest BCUT2D eigenvalue weighted by Gasteiger charge is -2.11. The summed E-state index contributed by atoms with van der Waals surface area (Å²) in [5, 5.41) is 18.3. The average molecular weight is 261 g/mol. The molecule has 0 aliphatic carbocycles. The summed E-state index contributed by atoms with van der Waals surface area (Å²) in [6.07, 6.45) is 0. The molecule has 2 N–H and O–H groups in total. The molecule has 0 saturated carbocycles. The third-order valence-electron chi connectivity index (χ3n) is 2.57. The standard InChI is InChI=1S/C13H13BFNO3/c1-9-3-2-4-11(16-9)8-19-13-6-5-10(15)7-12(13)14(17)18/h2-7,17-18H,8H2,1H3. The van der Waals surface area contributed by atoms with Gasteiger partial charge in [0.2, 0.25) is 0 Å². The predicted octanol–water partition coefficient (Wildman–Crippen LogP) is 0.788. The summed E-state index contributed by atoms with van der Waals surface area (Å²) in [7, 11) is -1.78. The van der Waals surface area contributed by atoms with Crippen LogP contribution in [0.1, 0.15) is 11.4 Å². The summed E-state index contributed by atoms with van der Waals surface area (Å²) < 4.78 is 18.5. The fourth-order valence-electron chi connectivity index (χ4n) is 1.68. The van der Waals surface area contributed by atoms with Crippen LogP contribution in [0.3, 0.4) is 0 Å². The minimum absolute atomic E-state index is 0.00680. The molecule has 0 fully saturated rings. The molecule has 0 bridgehead atoms. The largest absolute Gasteiger partial charge is 0.492 e. The van der Waals surface area contributed by atoms with Gasteiger partial charge in [-0.1, -0.05) is 6.07 Å². The molecule has 0 radical (unpaired) electrons. The van der Waals surface area contributed by atoms with E-state index in [1.54, 1.807) is 6.07 Å². The van der Waals surface area contributed by atoms with Crippen LogP contribution in [0, 0.1) is 12.7 Å². The van der Waals surface area contributed by atoms with Crippen LogP contribution in [-0.2, 0) is 6.61 Å². The van der Waals surface area contributed by atoms with E-state index in [9.17, 15) is 4.39 Å². The Kier molecular flexibility index (Phi) is 4.14. The minimum atomic E-state index is -1.78. The van der Waals surface area contributed by atoms with E-state index < -0.39 is 12.9 Å². The van der Waals surface area contributed by atoms with Gasteiger partial charge in [0.05, 0.1) is 5.69 Å². The topological polar surface area (TPSA) is 62.6 Å². The third kappa shape index (κ3) is 3.53. The van der Waals surface area contributed by atoms with Gasteiger partial charge in [-0.15, -0.1) is 0 Å². The number of hydrogen-bond acceptors (Lipinski definition) is 4. The van der Waals surface area contributed by atoms with Crippen molar-refractivity contribution in [2.24, 2.45) is 0 Å². The Balaban J connectivity index is 2.15. The van der Waals surface area contributed by atoms with Crippen LogP contribution >= 0.6 is 0 Å². The summed E-state index contributed by atoms with van der Waals surface area (Å²) >= 11 is 0. The smallest absolute Gasteiger partial charge is 0.488 e. The summed E-state index contributed by atoms with van der Waals surface area (Å²) in [4.78, 5) is 4.26. The molecule has 0 saturated heterocycles. The van der Waals surface area contributed by atoms with Crippen molar-refractivity contribution < 1.29 is 19.2 Å². The van der Waals surface area contributed by atoms with Gasteiger partial charge in [0, 0.05) is 11.2 Å². The number of pyridine rings is 1. The highest BCUT2D eigenvalue weighted by Crippen LogP contribution is 2.12. The molecule has 1 heterocycles. The first-order valence-corrected chi connectivity index (χ1v) is 5.77. The molecule has 2 aromatic rings. The van der Waals surface area contributed by atoms with Crippen molar-refractivity contribution in [3.8, 4) is 5.75 Å². The normalized spacial score (nSPS) is 10.3. The van der Waals surface area contributed by atoms with Crippen LogP contribution in [-0.4, -0.2) is 22.2 Å². The minimum Gasteiger partial charge on any atom is -0.488 e. The maximum Gasteiger partial charge on any atom is 0.492 e. The molecule has 0 unspecified atom stereocenters. The lowest BCUT2D eigenvalue weighted by molar-refractivity contribution is 0.301. The summed E-state index contributed by atoms with van der Waals surface area (Å²) in [6.45, 7) is 2.04. The van der Waals surface area contributed by atoms with E-state index >= 15 is 0 Å². The average Bonchev–Trinajstić information content (AvgIpc) is 2.37. The van der Waals surface area contributed by atoms with Crippen LogP contribution in [0.25, 0.3) is 0 Å². The Hall–Kier alpha value is -1.92. The van der Waals surface area contributed by atoms with Gasteiger partial charge in [-0.25, -0.2) is 4.39 Å². The number of benzene rings is 1. The van der Waals surface area contributed by atoms with Gasteiger partial charge in [0.25, 0.3) is 0 Å². The zero-order chi connectivity index (χ0) is 13.8. The molecular formula is C13H13BFNO3. The number of aromatic nitrogens is 1. The van der Waals surface area contributed by atoms with Crippen LogP contribution < -0.4 is 10.2 Å². The Bertz CT molecular complexity index is 578. The molecule has 0 aliphatic rings. The van der Waals surface area contributed by atoms with Crippen molar-refractivity contribution in [2.75, 3.05) is 0 Å². The second-order valence-corrected chi connectivity index (χ2v) is 4.11. The molecule has 1 aromatic heterocycles. The van der Waals surface area contributed by atoms with E-state index in [1.807, 2.05) is 19.1 Å². The quantitative estimate of drug-likeness (QED) is 0.798. The van der Waals surface area contributed by atoms with Gasteiger partial charge in [0.15, 0.2) is 0 Å². The molecule has 98 valence electrons. The van der Waals surface area contributed by atoms with Gasteiger partial charge in [-0.2, -0.15) is 0 Å². The van der Waals surface area contributed by atoms with Crippen molar-refractivity contribution >= 4 is 12.6 Å².